The number of hydrogen-bond acceptors (Lipinski definition) is 9. The lowest BCUT2D eigenvalue weighted by molar-refractivity contribution is -0.147. The van der Waals surface area contributed by atoms with Crippen molar-refractivity contribution in [1.82, 2.24) is 9.97 Å². The molecule has 1 aromatic carbocycles. The molecule has 0 aliphatic carbocycles. The number of anilines is 1. The molecule has 9 nitrogen and oxygen atoms in total. The highest BCUT2D eigenvalue weighted by Gasteiger charge is 2.16. The monoisotopic (exact) mass is 339 g/mol. The molecule has 0 spiro atoms. The highest BCUT2D eigenvalue weighted by Crippen LogP contribution is 2.26. The van der Waals surface area contributed by atoms with Gasteiger partial charge < -0.3 is 19.9 Å². The largest absolute Gasteiger partial charge is 0.479 e. The SMILES string of the molecule is COC(=O)C(C)Oc1ccc(Oc2nc(N)c(C#N)nc2C#N)cc1. The van der Waals surface area contributed by atoms with Crippen LogP contribution in [0.25, 0.3) is 0 Å². The van der Waals surface area contributed by atoms with Crippen molar-refractivity contribution in [3.63, 3.8) is 0 Å². The summed E-state index contributed by atoms with van der Waals surface area (Å²) in [5.74, 6) is 0.0189. The van der Waals surface area contributed by atoms with E-state index in [1.807, 2.05) is 0 Å². The van der Waals surface area contributed by atoms with Crippen LogP contribution in [0, 0.1) is 22.7 Å². The quantitative estimate of drug-likeness (QED) is 0.801. The number of hydrogen-bond donors (Lipinski definition) is 1. The van der Waals surface area contributed by atoms with E-state index in [0.717, 1.165) is 0 Å². The second kappa shape index (κ2) is 7.62. The van der Waals surface area contributed by atoms with Gasteiger partial charge >= 0.3 is 5.97 Å². The van der Waals surface area contributed by atoms with E-state index in [4.69, 9.17) is 25.7 Å². The summed E-state index contributed by atoms with van der Waals surface area (Å²) in [5, 5.41) is 17.9. The lowest BCUT2D eigenvalue weighted by Crippen LogP contribution is -2.24. The van der Waals surface area contributed by atoms with Crippen LogP contribution in [-0.2, 0) is 9.53 Å². The van der Waals surface area contributed by atoms with Crippen LogP contribution in [0.1, 0.15) is 18.3 Å². The Hall–Kier alpha value is -3.85. The lowest BCUT2D eigenvalue weighted by Gasteiger charge is -2.13. The number of carbonyl (C=O) groups excluding carboxylic acids is 1. The summed E-state index contributed by atoms with van der Waals surface area (Å²) in [6.07, 6.45) is -0.758. The molecule has 0 amide bonds. The number of nitrogen functional groups attached to an aromatic ring is 1. The van der Waals surface area contributed by atoms with Crippen LogP contribution in [0.5, 0.6) is 17.4 Å². The Kier molecular flexibility index (Phi) is 5.33. The van der Waals surface area contributed by atoms with Crippen LogP contribution in [0.2, 0.25) is 0 Å². The number of nitrogens with two attached hydrogens (primary N) is 1. The average Bonchev–Trinajstić information content (AvgIpc) is 2.62. The fourth-order valence-electron chi connectivity index (χ4n) is 1.77. The van der Waals surface area contributed by atoms with Crippen LogP contribution in [0.3, 0.4) is 0 Å². The number of benzene rings is 1. The van der Waals surface area contributed by atoms with Crippen molar-refractivity contribution in [1.29, 1.82) is 10.5 Å². The van der Waals surface area contributed by atoms with Crippen molar-refractivity contribution < 1.29 is 19.0 Å². The van der Waals surface area contributed by atoms with Crippen molar-refractivity contribution in [2.45, 2.75) is 13.0 Å². The van der Waals surface area contributed by atoms with Gasteiger partial charge in [-0.1, -0.05) is 0 Å². The highest BCUT2D eigenvalue weighted by atomic mass is 16.6. The van der Waals surface area contributed by atoms with Gasteiger partial charge in [-0.05, 0) is 31.2 Å². The normalized spacial score (nSPS) is 10.9. The maximum atomic E-state index is 11.3. The molecule has 25 heavy (non-hydrogen) atoms. The fourth-order valence-corrected chi connectivity index (χ4v) is 1.77. The lowest BCUT2D eigenvalue weighted by atomic mass is 10.3. The van der Waals surface area contributed by atoms with Crippen molar-refractivity contribution in [2.24, 2.45) is 0 Å². The van der Waals surface area contributed by atoms with Crippen LogP contribution >= 0.6 is 0 Å². The maximum Gasteiger partial charge on any atom is 0.346 e. The van der Waals surface area contributed by atoms with Gasteiger partial charge in [0, 0.05) is 0 Å². The number of methoxy groups -OCH3 is 1. The molecular weight excluding hydrogens is 326 g/mol. The molecular formula is C16H13N5O4. The van der Waals surface area contributed by atoms with Crippen molar-refractivity contribution >= 4 is 11.8 Å². The Morgan fingerprint density at radius 2 is 1.72 bits per heavy atom. The van der Waals surface area contributed by atoms with E-state index in [1.165, 1.54) is 7.11 Å². The van der Waals surface area contributed by atoms with E-state index in [9.17, 15) is 4.79 Å². The second-order valence-electron chi connectivity index (χ2n) is 4.69. The zero-order chi connectivity index (χ0) is 18.4. The van der Waals surface area contributed by atoms with Gasteiger partial charge in [-0.25, -0.2) is 9.78 Å². The van der Waals surface area contributed by atoms with Gasteiger partial charge in [0.2, 0.25) is 5.69 Å². The number of esters is 1. The van der Waals surface area contributed by atoms with Gasteiger partial charge in [0.05, 0.1) is 7.11 Å². The smallest absolute Gasteiger partial charge is 0.346 e. The third-order valence-corrected chi connectivity index (χ3v) is 2.99. The first-order valence-electron chi connectivity index (χ1n) is 6.98. The predicted molar refractivity (Wildman–Crippen MR) is 84.5 cm³/mol. The Balaban J connectivity index is 2.17. The fraction of sp³-hybridized carbons (Fsp3) is 0.188. The third-order valence-electron chi connectivity index (χ3n) is 2.99. The van der Waals surface area contributed by atoms with Crippen LogP contribution in [0.15, 0.2) is 24.3 Å². The molecule has 1 aromatic heterocycles. The number of nitriles is 2. The topological polar surface area (TPSA) is 144 Å². The van der Waals surface area contributed by atoms with Gasteiger partial charge in [0.15, 0.2) is 17.6 Å². The first-order chi connectivity index (χ1) is 12.0. The number of rotatable bonds is 5. The standard InChI is InChI=1S/C16H13N5O4/c1-9(16(22)23-2)24-10-3-5-11(6-4-10)25-15-13(8-18)20-12(7-17)14(19)21-15/h3-6,9H,1-2H3,(H2,19,21). The maximum absolute atomic E-state index is 11.3. The molecule has 126 valence electrons. The molecule has 2 N–H and O–H groups in total. The summed E-state index contributed by atoms with van der Waals surface area (Å²) < 4.78 is 15.4. The molecule has 0 fully saturated rings. The summed E-state index contributed by atoms with van der Waals surface area (Å²) >= 11 is 0. The molecule has 2 rings (SSSR count). The zero-order valence-corrected chi connectivity index (χ0v) is 13.4. The number of carbonyl (C=O) groups is 1. The summed E-state index contributed by atoms with van der Waals surface area (Å²) in [4.78, 5) is 19.0. The minimum absolute atomic E-state index is 0.115. The van der Waals surface area contributed by atoms with Gasteiger partial charge in [0.1, 0.15) is 23.6 Å². The van der Waals surface area contributed by atoms with Crippen LogP contribution in [0.4, 0.5) is 5.82 Å². The molecule has 1 heterocycles. The number of nitrogens with zero attached hydrogens (tertiary/aromatic N) is 4. The molecule has 9 heteroatoms. The average molecular weight is 339 g/mol. The summed E-state index contributed by atoms with van der Waals surface area (Å²) in [6, 6.07) is 9.78. The minimum atomic E-state index is -0.758. The molecule has 0 saturated carbocycles. The highest BCUT2D eigenvalue weighted by molar-refractivity contribution is 5.74. The first kappa shape index (κ1) is 17.5. The molecule has 0 aliphatic heterocycles. The molecule has 1 atom stereocenters. The molecule has 0 radical (unpaired) electrons. The van der Waals surface area contributed by atoms with Gasteiger partial charge in [0.25, 0.3) is 5.88 Å². The van der Waals surface area contributed by atoms with Crippen molar-refractivity contribution in [3.8, 4) is 29.5 Å². The van der Waals surface area contributed by atoms with Crippen molar-refractivity contribution in [2.75, 3.05) is 12.8 Å². The van der Waals surface area contributed by atoms with E-state index < -0.39 is 12.1 Å². The van der Waals surface area contributed by atoms with E-state index in [1.54, 1.807) is 43.3 Å². The molecule has 0 bridgehead atoms. The number of ether oxygens (including phenoxy) is 3. The molecule has 0 aliphatic rings. The summed E-state index contributed by atoms with van der Waals surface area (Å²) in [7, 11) is 1.27. The van der Waals surface area contributed by atoms with Gasteiger partial charge in [-0.15, -0.1) is 0 Å². The summed E-state index contributed by atoms with van der Waals surface area (Å²) in [5.41, 5.74) is 5.27. The van der Waals surface area contributed by atoms with Gasteiger partial charge in [-0.3, -0.25) is 0 Å². The van der Waals surface area contributed by atoms with E-state index in [-0.39, 0.29) is 23.1 Å². The second-order valence-corrected chi connectivity index (χ2v) is 4.69. The zero-order valence-electron chi connectivity index (χ0n) is 13.4. The van der Waals surface area contributed by atoms with E-state index in [0.29, 0.717) is 11.5 Å². The molecule has 1 unspecified atom stereocenters. The van der Waals surface area contributed by atoms with Crippen molar-refractivity contribution in [3.05, 3.63) is 35.7 Å². The van der Waals surface area contributed by atoms with E-state index >= 15 is 0 Å². The molecule has 2 aromatic rings. The Morgan fingerprint density at radius 3 is 2.28 bits per heavy atom. The first-order valence-corrected chi connectivity index (χ1v) is 6.98. The molecule has 0 saturated heterocycles. The van der Waals surface area contributed by atoms with Crippen LogP contribution < -0.4 is 15.2 Å². The van der Waals surface area contributed by atoms with Gasteiger partial charge in [-0.2, -0.15) is 15.5 Å². The Labute approximate surface area is 143 Å². The minimum Gasteiger partial charge on any atom is -0.479 e. The summed E-state index contributed by atoms with van der Waals surface area (Å²) in [6.45, 7) is 1.56. The Bertz CT molecular complexity index is 868. The van der Waals surface area contributed by atoms with E-state index in [2.05, 4.69) is 14.7 Å². The van der Waals surface area contributed by atoms with Crippen LogP contribution in [-0.4, -0.2) is 29.2 Å². The third kappa shape index (κ3) is 4.12. The Morgan fingerprint density at radius 1 is 1.12 bits per heavy atom. The predicted octanol–water partition coefficient (Wildman–Crippen LogP) is 1.53. The number of aromatic nitrogens is 2.